The van der Waals surface area contributed by atoms with Crippen LogP contribution in [0.5, 0.6) is 0 Å². The van der Waals surface area contributed by atoms with Crippen LogP contribution in [0.25, 0.3) is 0 Å². The molecule has 1 N–H and O–H groups in total. The number of rotatable bonds is 15. The lowest BCUT2D eigenvalue weighted by molar-refractivity contribution is -0.929. The van der Waals surface area contributed by atoms with Crippen LogP contribution >= 0.6 is 7.82 Å². The van der Waals surface area contributed by atoms with Crippen molar-refractivity contribution in [2.24, 2.45) is 0 Å². The highest BCUT2D eigenvalue weighted by atomic mass is 31.2. The highest BCUT2D eigenvalue weighted by molar-refractivity contribution is 7.44. The fraction of sp³-hybridized carbons (Fsp3) is 1.00. The summed E-state index contributed by atoms with van der Waals surface area (Å²) < 4.78 is 16.2. The third-order valence-electron chi connectivity index (χ3n) is 4.24. The van der Waals surface area contributed by atoms with Gasteiger partial charge in [0.25, 0.3) is 7.82 Å². The van der Waals surface area contributed by atoms with E-state index in [1.165, 1.54) is 58.2 Å². The summed E-state index contributed by atoms with van der Waals surface area (Å²) in [7, 11) is -4.55. The Balaban J connectivity index is 4.41. The Kier molecular flexibility index (Phi) is 12.5. The molecule has 0 aliphatic carbocycles. The Hall–Kier alpha value is 0.0700. The van der Waals surface area contributed by atoms with Crippen molar-refractivity contribution in [2.75, 3.05) is 32.8 Å². The van der Waals surface area contributed by atoms with Gasteiger partial charge in [-0.1, -0.05) is 40.0 Å². The predicted octanol–water partition coefficient (Wildman–Crippen LogP) is 3.46. The quantitative estimate of drug-likeness (QED) is 0.282. The Morgan fingerprint density at radius 3 is 1.64 bits per heavy atom. The molecule has 0 bridgehead atoms. The van der Waals surface area contributed by atoms with Crippen molar-refractivity contribution in [1.29, 1.82) is 0 Å². The van der Waals surface area contributed by atoms with E-state index in [2.05, 4.69) is 25.3 Å². The third kappa shape index (κ3) is 11.6. The molecule has 0 amide bonds. The zero-order chi connectivity index (χ0) is 16.9. The molecular weight excluding hydrogens is 301 g/mol. The molecule has 0 spiro atoms. The normalized spacial score (nSPS) is 15.0. The van der Waals surface area contributed by atoms with Gasteiger partial charge in [0.05, 0.1) is 32.8 Å². The lowest BCUT2D eigenvalue weighted by Gasteiger charge is -2.39. The Labute approximate surface area is 136 Å². The monoisotopic (exact) mass is 337 g/mol. The van der Waals surface area contributed by atoms with Crippen LogP contribution in [0, 0.1) is 0 Å². The molecule has 134 valence electrons. The van der Waals surface area contributed by atoms with Crippen LogP contribution in [0.15, 0.2) is 0 Å². The molecule has 0 aromatic rings. The summed E-state index contributed by atoms with van der Waals surface area (Å²) in [6.07, 6.45) is 9.00. The van der Waals surface area contributed by atoms with Gasteiger partial charge in [-0.25, -0.2) is 0 Å². The van der Waals surface area contributed by atoms with Crippen LogP contribution in [0.2, 0.25) is 0 Å². The summed E-state index contributed by atoms with van der Waals surface area (Å²) in [5.74, 6) is 0. The van der Waals surface area contributed by atoms with Crippen molar-refractivity contribution in [3.05, 3.63) is 0 Å². The van der Waals surface area contributed by atoms with Gasteiger partial charge in [0, 0.05) is 0 Å². The smallest absolute Gasteiger partial charge is 0.265 e. The molecule has 1 unspecified atom stereocenters. The molecule has 22 heavy (non-hydrogen) atoms. The van der Waals surface area contributed by atoms with E-state index in [1.54, 1.807) is 0 Å². The fourth-order valence-corrected chi connectivity index (χ4v) is 3.24. The SMILES string of the molecule is CCCC[N+](CCCC)(CCCC)CCCCOP(=O)([O-])O. The van der Waals surface area contributed by atoms with E-state index in [-0.39, 0.29) is 6.61 Å². The van der Waals surface area contributed by atoms with Crippen molar-refractivity contribution < 1.29 is 23.4 Å². The number of phosphoric ester groups is 1. The topological polar surface area (TPSA) is 69.6 Å². The summed E-state index contributed by atoms with van der Waals surface area (Å²) in [6, 6.07) is 0. The minimum atomic E-state index is -4.55. The number of phosphoric acid groups is 1. The van der Waals surface area contributed by atoms with Crippen LogP contribution in [0.1, 0.15) is 72.1 Å². The van der Waals surface area contributed by atoms with Gasteiger partial charge in [0.15, 0.2) is 0 Å². The molecule has 0 aliphatic rings. The molecule has 6 heteroatoms. The molecule has 0 aromatic heterocycles. The largest absolute Gasteiger partial charge is 0.756 e. The van der Waals surface area contributed by atoms with E-state index in [1.807, 2.05) is 0 Å². The first kappa shape index (κ1) is 22.1. The van der Waals surface area contributed by atoms with Gasteiger partial charge in [-0.3, -0.25) is 4.57 Å². The summed E-state index contributed by atoms with van der Waals surface area (Å²) in [5.41, 5.74) is 0. The highest BCUT2D eigenvalue weighted by Gasteiger charge is 2.25. The van der Waals surface area contributed by atoms with E-state index in [9.17, 15) is 9.46 Å². The van der Waals surface area contributed by atoms with E-state index in [0.717, 1.165) is 17.4 Å². The van der Waals surface area contributed by atoms with E-state index in [0.29, 0.717) is 6.42 Å². The highest BCUT2D eigenvalue weighted by Crippen LogP contribution is 2.30. The average molecular weight is 337 g/mol. The minimum Gasteiger partial charge on any atom is -0.756 e. The second-order valence-corrected chi connectivity index (χ2v) is 7.50. The maximum Gasteiger partial charge on any atom is 0.265 e. The third-order valence-corrected chi connectivity index (χ3v) is 4.75. The van der Waals surface area contributed by atoms with E-state index >= 15 is 0 Å². The number of nitrogens with zero attached hydrogens (tertiary/aromatic N) is 1. The molecule has 0 heterocycles. The minimum absolute atomic E-state index is 0.0899. The predicted molar refractivity (Wildman–Crippen MR) is 89.5 cm³/mol. The van der Waals surface area contributed by atoms with Gasteiger partial charge in [0.1, 0.15) is 0 Å². The second-order valence-electron chi connectivity index (χ2n) is 6.31. The van der Waals surface area contributed by atoms with Crippen LogP contribution in [0.4, 0.5) is 0 Å². The van der Waals surface area contributed by atoms with Crippen LogP contribution < -0.4 is 4.89 Å². The molecule has 0 aromatic carbocycles. The van der Waals surface area contributed by atoms with Gasteiger partial charge >= 0.3 is 0 Å². The molecular formula is C16H36NO4P. The van der Waals surface area contributed by atoms with E-state index < -0.39 is 7.82 Å². The average Bonchev–Trinajstić information content (AvgIpc) is 2.46. The lowest BCUT2D eigenvalue weighted by Crippen LogP contribution is -2.50. The van der Waals surface area contributed by atoms with Crippen LogP contribution in [-0.2, 0) is 9.09 Å². The number of hydrogen-bond acceptors (Lipinski definition) is 3. The van der Waals surface area contributed by atoms with Gasteiger partial charge in [-0.2, -0.15) is 0 Å². The Bertz CT molecular complexity index is 285. The molecule has 1 atom stereocenters. The number of hydrogen-bond donors (Lipinski definition) is 1. The molecule has 0 aliphatic heterocycles. The van der Waals surface area contributed by atoms with Crippen LogP contribution in [-0.4, -0.2) is 42.2 Å². The number of unbranched alkanes of at least 4 members (excludes halogenated alkanes) is 4. The molecule has 0 rings (SSSR count). The molecule has 0 saturated carbocycles. The van der Waals surface area contributed by atoms with Crippen molar-refractivity contribution >= 4 is 7.82 Å². The second kappa shape index (κ2) is 12.5. The molecule has 0 fully saturated rings. The van der Waals surface area contributed by atoms with Gasteiger partial charge < -0.3 is 18.8 Å². The molecule has 5 nitrogen and oxygen atoms in total. The van der Waals surface area contributed by atoms with Gasteiger partial charge in [-0.05, 0) is 32.1 Å². The Morgan fingerprint density at radius 1 is 0.864 bits per heavy atom. The van der Waals surface area contributed by atoms with E-state index in [4.69, 9.17) is 4.89 Å². The number of quaternary nitrogens is 1. The summed E-state index contributed by atoms with van der Waals surface area (Å²) in [4.78, 5) is 19.2. The zero-order valence-electron chi connectivity index (χ0n) is 14.8. The summed E-state index contributed by atoms with van der Waals surface area (Å²) in [5, 5.41) is 0. The van der Waals surface area contributed by atoms with Gasteiger partial charge in [0.2, 0.25) is 0 Å². The first-order chi connectivity index (χ1) is 10.4. The maximum atomic E-state index is 10.6. The molecule has 0 radical (unpaired) electrons. The lowest BCUT2D eigenvalue weighted by atomic mass is 10.1. The van der Waals surface area contributed by atoms with Crippen molar-refractivity contribution in [2.45, 2.75) is 72.1 Å². The maximum absolute atomic E-state index is 10.6. The van der Waals surface area contributed by atoms with Crippen molar-refractivity contribution in [3.63, 3.8) is 0 Å². The zero-order valence-corrected chi connectivity index (χ0v) is 15.7. The van der Waals surface area contributed by atoms with Crippen molar-refractivity contribution in [3.8, 4) is 0 Å². The Morgan fingerprint density at radius 2 is 1.27 bits per heavy atom. The first-order valence-corrected chi connectivity index (χ1v) is 10.4. The summed E-state index contributed by atoms with van der Waals surface area (Å²) >= 11 is 0. The first-order valence-electron chi connectivity index (χ1n) is 8.92. The standard InChI is InChI=1S/C16H36NO4P/c1-4-7-12-17(13-8-5-2,14-9-6-3)15-10-11-16-21-22(18,19)20/h4-16H2,1-3H3,(H-,18,19,20). The molecule has 0 saturated heterocycles. The fourth-order valence-electron chi connectivity index (χ4n) is 2.88. The van der Waals surface area contributed by atoms with Crippen LogP contribution in [0.3, 0.4) is 0 Å². The van der Waals surface area contributed by atoms with Gasteiger partial charge in [-0.15, -0.1) is 0 Å². The summed E-state index contributed by atoms with van der Waals surface area (Å²) in [6.45, 7) is 11.5. The van der Waals surface area contributed by atoms with Crippen molar-refractivity contribution in [1.82, 2.24) is 0 Å².